The van der Waals surface area contributed by atoms with Crippen molar-refractivity contribution in [3.8, 4) is 0 Å². The van der Waals surface area contributed by atoms with Gasteiger partial charge >= 0.3 is 0 Å². The van der Waals surface area contributed by atoms with E-state index in [-0.39, 0.29) is 18.0 Å². The highest BCUT2D eigenvalue weighted by Gasteiger charge is 2.07. The number of nitrogens with zero attached hydrogens (tertiary/aromatic N) is 1. The zero-order valence-corrected chi connectivity index (χ0v) is 11.9. The van der Waals surface area contributed by atoms with Gasteiger partial charge in [-0.3, -0.25) is 25.8 Å². The summed E-state index contributed by atoms with van der Waals surface area (Å²) < 4.78 is 0. The molecule has 0 aliphatic rings. The lowest BCUT2D eigenvalue weighted by molar-refractivity contribution is -0.384. The molecule has 0 spiro atoms. The number of amides is 1. The molecule has 1 aromatic carbocycles. The third-order valence-electron chi connectivity index (χ3n) is 2.69. The summed E-state index contributed by atoms with van der Waals surface area (Å²) in [6.45, 7) is 3.78. The number of carbonyl (C=O) groups excluding carboxylic acids is 1. The van der Waals surface area contributed by atoms with Gasteiger partial charge in [0.1, 0.15) is 0 Å². The van der Waals surface area contributed by atoms with Gasteiger partial charge < -0.3 is 0 Å². The van der Waals surface area contributed by atoms with Gasteiger partial charge in [-0.1, -0.05) is 12.6 Å². The summed E-state index contributed by atoms with van der Waals surface area (Å²) in [7, 11) is 0. The van der Waals surface area contributed by atoms with E-state index in [1.807, 2.05) is 17.5 Å². The molecule has 2 rings (SSSR count). The maximum atomic E-state index is 11.7. The molecule has 0 aliphatic heterocycles. The molecule has 6 nitrogen and oxygen atoms in total. The number of thiophene rings is 1. The molecule has 2 aromatic rings. The van der Waals surface area contributed by atoms with E-state index in [0.717, 1.165) is 4.88 Å². The van der Waals surface area contributed by atoms with Gasteiger partial charge in [0.2, 0.25) is 5.91 Å². The monoisotopic (exact) mass is 303 g/mol. The van der Waals surface area contributed by atoms with Crippen LogP contribution in [-0.4, -0.2) is 10.8 Å². The van der Waals surface area contributed by atoms with E-state index >= 15 is 0 Å². The standard InChI is InChI=1S/C14H13N3O3S/c1-10(11-4-6-12(7-5-11)17(19)20)15-16-14(18)9-13-3-2-8-21-13/h2-8,15H,1,9H2,(H,16,18). The molecule has 1 aromatic heterocycles. The van der Waals surface area contributed by atoms with Gasteiger partial charge in [0, 0.05) is 17.0 Å². The van der Waals surface area contributed by atoms with Crippen LogP contribution in [0, 0.1) is 10.1 Å². The van der Waals surface area contributed by atoms with Gasteiger partial charge in [0.05, 0.1) is 17.0 Å². The maximum absolute atomic E-state index is 11.7. The van der Waals surface area contributed by atoms with Gasteiger partial charge in [-0.2, -0.15) is 0 Å². The lowest BCUT2D eigenvalue weighted by Gasteiger charge is -2.10. The Labute approximate surface area is 125 Å². The van der Waals surface area contributed by atoms with Crippen LogP contribution in [0.2, 0.25) is 0 Å². The van der Waals surface area contributed by atoms with Crippen LogP contribution in [0.3, 0.4) is 0 Å². The van der Waals surface area contributed by atoms with Crippen LogP contribution >= 0.6 is 11.3 Å². The molecule has 0 unspecified atom stereocenters. The van der Waals surface area contributed by atoms with Crippen molar-refractivity contribution in [3.05, 3.63) is 68.9 Å². The molecule has 2 N–H and O–H groups in total. The highest BCUT2D eigenvalue weighted by Crippen LogP contribution is 2.15. The van der Waals surface area contributed by atoms with Crippen LogP contribution in [0.25, 0.3) is 5.70 Å². The van der Waals surface area contributed by atoms with E-state index in [4.69, 9.17) is 0 Å². The Kier molecular flexibility index (Phi) is 4.68. The number of nitro groups is 1. The van der Waals surface area contributed by atoms with E-state index in [2.05, 4.69) is 17.4 Å². The molecule has 0 atom stereocenters. The Bertz CT molecular complexity index is 651. The average Bonchev–Trinajstić information content (AvgIpc) is 2.97. The topological polar surface area (TPSA) is 84.3 Å². The Balaban J connectivity index is 1.86. The van der Waals surface area contributed by atoms with Crippen LogP contribution in [0.4, 0.5) is 5.69 Å². The van der Waals surface area contributed by atoms with Crippen LogP contribution in [0.5, 0.6) is 0 Å². The summed E-state index contributed by atoms with van der Waals surface area (Å²) in [6, 6.07) is 9.68. The first-order valence-corrected chi connectivity index (χ1v) is 6.95. The predicted molar refractivity (Wildman–Crippen MR) is 81.4 cm³/mol. The number of rotatable bonds is 6. The van der Waals surface area contributed by atoms with Crippen molar-refractivity contribution in [2.75, 3.05) is 0 Å². The predicted octanol–water partition coefficient (Wildman–Crippen LogP) is 2.49. The van der Waals surface area contributed by atoms with Gasteiger partial charge in [-0.15, -0.1) is 11.3 Å². The van der Waals surface area contributed by atoms with E-state index in [9.17, 15) is 14.9 Å². The Morgan fingerprint density at radius 3 is 2.52 bits per heavy atom. The number of nitrogens with one attached hydrogen (secondary N) is 2. The van der Waals surface area contributed by atoms with Crippen molar-refractivity contribution in [2.24, 2.45) is 0 Å². The highest BCUT2D eigenvalue weighted by molar-refractivity contribution is 7.10. The van der Waals surface area contributed by atoms with Gasteiger partial charge in [-0.05, 0) is 29.1 Å². The fourth-order valence-electron chi connectivity index (χ4n) is 1.62. The number of non-ortho nitro benzene ring substituents is 1. The van der Waals surface area contributed by atoms with E-state index in [0.29, 0.717) is 11.3 Å². The van der Waals surface area contributed by atoms with Crippen molar-refractivity contribution in [3.63, 3.8) is 0 Å². The second-order valence-corrected chi connectivity index (χ2v) is 5.24. The first-order chi connectivity index (χ1) is 10.1. The van der Waals surface area contributed by atoms with Crippen molar-refractivity contribution in [2.45, 2.75) is 6.42 Å². The minimum atomic E-state index is -0.469. The van der Waals surface area contributed by atoms with E-state index in [1.54, 1.807) is 12.1 Å². The fourth-order valence-corrected chi connectivity index (χ4v) is 2.32. The summed E-state index contributed by atoms with van der Waals surface area (Å²) in [5, 5.41) is 12.5. The number of benzene rings is 1. The molecule has 0 fully saturated rings. The smallest absolute Gasteiger partial charge is 0.269 e. The Hall–Kier alpha value is -2.67. The van der Waals surface area contributed by atoms with Gasteiger partial charge in [0.15, 0.2) is 0 Å². The minimum absolute atomic E-state index is 0.00767. The molecule has 1 amide bonds. The molecule has 0 aliphatic carbocycles. The van der Waals surface area contributed by atoms with Crippen LogP contribution < -0.4 is 10.9 Å². The Morgan fingerprint density at radius 1 is 1.24 bits per heavy atom. The molecule has 0 saturated heterocycles. The van der Waals surface area contributed by atoms with Crippen molar-refractivity contribution in [1.82, 2.24) is 10.9 Å². The first kappa shape index (κ1) is 14.7. The average molecular weight is 303 g/mol. The second kappa shape index (κ2) is 6.67. The third kappa shape index (κ3) is 4.15. The number of nitro benzene ring substituents is 1. The lowest BCUT2D eigenvalue weighted by atomic mass is 10.1. The molecule has 0 bridgehead atoms. The number of hydrogen-bond acceptors (Lipinski definition) is 5. The number of hydrogen-bond donors (Lipinski definition) is 2. The number of hydrazine groups is 1. The molecule has 7 heteroatoms. The van der Waals surface area contributed by atoms with Crippen LogP contribution in [0.15, 0.2) is 48.4 Å². The van der Waals surface area contributed by atoms with E-state index < -0.39 is 4.92 Å². The maximum Gasteiger partial charge on any atom is 0.269 e. The van der Waals surface area contributed by atoms with Gasteiger partial charge in [-0.25, -0.2) is 0 Å². The summed E-state index contributed by atoms with van der Waals surface area (Å²) in [6.07, 6.45) is 0.290. The van der Waals surface area contributed by atoms with E-state index in [1.165, 1.54) is 23.5 Å². The lowest BCUT2D eigenvalue weighted by Crippen LogP contribution is -2.36. The zero-order chi connectivity index (χ0) is 15.2. The summed E-state index contributed by atoms with van der Waals surface area (Å²) in [5.41, 5.74) is 6.38. The second-order valence-electron chi connectivity index (χ2n) is 4.21. The number of carbonyl (C=O) groups is 1. The molecule has 0 saturated carbocycles. The first-order valence-electron chi connectivity index (χ1n) is 6.07. The van der Waals surface area contributed by atoms with Gasteiger partial charge in [0.25, 0.3) is 5.69 Å². The normalized spacial score (nSPS) is 9.90. The van der Waals surface area contributed by atoms with Crippen LogP contribution in [0.1, 0.15) is 10.4 Å². The quantitative estimate of drug-likeness (QED) is 0.634. The third-order valence-corrected chi connectivity index (χ3v) is 3.57. The van der Waals surface area contributed by atoms with Crippen LogP contribution in [-0.2, 0) is 11.2 Å². The SMILES string of the molecule is C=C(NNC(=O)Cc1cccs1)c1ccc([N+](=O)[O-])cc1. The molecule has 0 radical (unpaired) electrons. The highest BCUT2D eigenvalue weighted by atomic mass is 32.1. The minimum Gasteiger partial charge on any atom is -0.299 e. The largest absolute Gasteiger partial charge is 0.299 e. The molecular formula is C14H13N3O3S. The van der Waals surface area contributed by atoms with Crippen molar-refractivity contribution in [1.29, 1.82) is 0 Å². The summed E-state index contributed by atoms with van der Waals surface area (Å²) >= 11 is 1.51. The Morgan fingerprint density at radius 2 is 1.95 bits per heavy atom. The van der Waals surface area contributed by atoms with Crippen molar-refractivity contribution < 1.29 is 9.72 Å². The fraction of sp³-hybridized carbons (Fsp3) is 0.0714. The summed E-state index contributed by atoms with van der Waals surface area (Å²) in [4.78, 5) is 22.8. The molecule has 1 heterocycles. The molecular weight excluding hydrogens is 290 g/mol. The zero-order valence-electron chi connectivity index (χ0n) is 11.0. The molecule has 108 valence electrons. The van der Waals surface area contributed by atoms with Crippen molar-refractivity contribution >= 4 is 28.6 Å². The molecule has 21 heavy (non-hydrogen) atoms. The summed E-state index contributed by atoms with van der Waals surface area (Å²) in [5.74, 6) is -0.180.